The van der Waals surface area contributed by atoms with Gasteiger partial charge in [-0.25, -0.2) is 4.68 Å². The van der Waals surface area contributed by atoms with Crippen molar-refractivity contribution in [3.63, 3.8) is 0 Å². The van der Waals surface area contributed by atoms with E-state index >= 15 is 0 Å². The van der Waals surface area contributed by atoms with Crippen LogP contribution in [0.25, 0.3) is 5.69 Å². The number of halogens is 5. The van der Waals surface area contributed by atoms with Crippen LogP contribution in [0.2, 0.25) is 10.0 Å². The molecule has 0 radical (unpaired) electrons. The molecule has 1 aromatic heterocycles. The van der Waals surface area contributed by atoms with Crippen LogP contribution in [0.1, 0.15) is 5.69 Å². The van der Waals surface area contributed by atoms with Crippen LogP contribution in [0.5, 0.6) is 0 Å². The summed E-state index contributed by atoms with van der Waals surface area (Å²) in [6.07, 6.45) is -3.29. The van der Waals surface area contributed by atoms with Gasteiger partial charge in [-0.3, -0.25) is 0 Å². The second-order valence-corrected chi connectivity index (χ2v) is 4.08. The maximum absolute atomic E-state index is 12.4. The molecular formula is C10H5Cl2F3N2. The van der Waals surface area contributed by atoms with Gasteiger partial charge in [-0.05, 0) is 24.3 Å². The van der Waals surface area contributed by atoms with Crippen molar-refractivity contribution in [2.45, 2.75) is 6.18 Å². The topological polar surface area (TPSA) is 17.8 Å². The van der Waals surface area contributed by atoms with Crippen molar-refractivity contribution in [1.29, 1.82) is 0 Å². The summed E-state index contributed by atoms with van der Waals surface area (Å²) >= 11 is 11.6. The van der Waals surface area contributed by atoms with Crippen molar-refractivity contribution in [2.75, 3.05) is 0 Å². The van der Waals surface area contributed by atoms with Gasteiger partial charge >= 0.3 is 6.18 Å². The Morgan fingerprint density at radius 1 is 1.12 bits per heavy atom. The maximum Gasteiger partial charge on any atom is 0.435 e. The average molecular weight is 281 g/mol. The largest absolute Gasteiger partial charge is 0.435 e. The molecule has 0 aliphatic rings. The molecule has 17 heavy (non-hydrogen) atoms. The molecule has 1 heterocycles. The van der Waals surface area contributed by atoms with Gasteiger partial charge in [-0.2, -0.15) is 18.3 Å². The van der Waals surface area contributed by atoms with Gasteiger partial charge in [0, 0.05) is 11.2 Å². The Bertz CT molecular complexity index is 549. The molecule has 0 spiro atoms. The van der Waals surface area contributed by atoms with Crippen LogP contribution in [0.3, 0.4) is 0 Å². The molecule has 0 saturated carbocycles. The molecule has 0 N–H and O–H groups in total. The summed E-state index contributed by atoms with van der Waals surface area (Å²) in [5, 5.41) is 4.04. The van der Waals surface area contributed by atoms with Gasteiger partial charge in [0.15, 0.2) is 5.69 Å². The number of hydrogen-bond donors (Lipinski definition) is 0. The summed E-state index contributed by atoms with van der Waals surface area (Å²) in [5.41, 5.74) is -0.678. The first-order chi connectivity index (χ1) is 7.88. The lowest BCUT2D eigenvalue weighted by Gasteiger charge is -2.05. The minimum absolute atomic E-state index is 0.270. The molecule has 0 saturated heterocycles. The molecule has 0 bridgehead atoms. The van der Waals surface area contributed by atoms with E-state index in [0.717, 1.165) is 10.7 Å². The average Bonchev–Trinajstić information content (AvgIpc) is 2.70. The van der Waals surface area contributed by atoms with Crippen molar-refractivity contribution in [2.24, 2.45) is 0 Å². The van der Waals surface area contributed by atoms with Gasteiger partial charge in [0.05, 0.1) is 10.7 Å². The van der Waals surface area contributed by atoms with Crippen LogP contribution in [-0.4, -0.2) is 9.78 Å². The molecule has 2 nitrogen and oxygen atoms in total. The van der Waals surface area contributed by atoms with Crippen LogP contribution in [0, 0.1) is 0 Å². The quantitative estimate of drug-likeness (QED) is 0.766. The van der Waals surface area contributed by atoms with Crippen LogP contribution in [0.15, 0.2) is 30.5 Å². The van der Waals surface area contributed by atoms with Crippen LogP contribution in [0.4, 0.5) is 13.2 Å². The molecule has 0 atom stereocenters. The molecule has 90 valence electrons. The number of alkyl halides is 3. The summed E-state index contributed by atoms with van der Waals surface area (Å²) in [7, 11) is 0. The Balaban J connectivity index is 2.47. The molecule has 7 heteroatoms. The van der Waals surface area contributed by atoms with E-state index in [-0.39, 0.29) is 5.02 Å². The Labute approximate surface area is 105 Å². The van der Waals surface area contributed by atoms with Gasteiger partial charge in [-0.15, -0.1) is 0 Å². The lowest BCUT2D eigenvalue weighted by Crippen LogP contribution is -2.07. The molecule has 1 aromatic carbocycles. The van der Waals surface area contributed by atoms with Crippen LogP contribution >= 0.6 is 23.2 Å². The Kier molecular flexibility index (Phi) is 3.05. The zero-order valence-corrected chi connectivity index (χ0v) is 9.68. The van der Waals surface area contributed by atoms with E-state index in [9.17, 15) is 13.2 Å². The van der Waals surface area contributed by atoms with Gasteiger partial charge < -0.3 is 0 Å². The number of nitrogens with zero attached hydrogens (tertiary/aromatic N) is 2. The molecule has 0 unspecified atom stereocenters. The van der Waals surface area contributed by atoms with Crippen LogP contribution in [-0.2, 0) is 6.18 Å². The summed E-state index contributed by atoms with van der Waals surface area (Å²) in [6, 6.07) is 5.35. The van der Waals surface area contributed by atoms with E-state index in [2.05, 4.69) is 5.10 Å². The first-order valence-electron chi connectivity index (χ1n) is 4.46. The summed E-state index contributed by atoms with van der Waals surface area (Å²) < 4.78 is 38.1. The van der Waals surface area contributed by atoms with E-state index in [1.165, 1.54) is 18.3 Å². The van der Waals surface area contributed by atoms with Gasteiger partial charge in [0.25, 0.3) is 0 Å². The molecule has 0 fully saturated rings. The number of benzene rings is 1. The third kappa shape index (κ3) is 2.56. The first-order valence-corrected chi connectivity index (χ1v) is 5.22. The Morgan fingerprint density at radius 2 is 1.82 bits per heavy atom. The van der Waals surface area contributed by atoms with Gasteiger partial charge in [-0.1, -0.05) is 23.2 Å². The zero-order valence-electron chi connectivity index (χ0n) is 8.17. The number of rotatable bonds is 1. The fourth-order valence-electron chi connectivity index (χ4n) is 1.27. The van der Waals surface area contributed by atoms with Crippen molar-refractivity contribution in [1.82, 2.24) is 9.78 Å². The lowest BCUT2D eigenvalue weighted by atomic mass is 10.3. The maximum atomic E-state index is 12.4. The lowest BCUT2D eigenvalue weighted by molar-refractivity contribution is -0.141. The van der Waals surface area contributed by atoms with Crippen molar-refractivity contribution in [3.8, 4) is 5.69 Å². The van der Waals surface area contributed by atoms with E-state index < -0.39 is 11.9 Å². The van der Waals surface area contributed by atoms with E-state index in [1.807, 2.05) is 0 Å². The van der Waals surface area contributed by atoms with Crippen molar-refractivity contribution < 1.29 is 13.2 Å². The highest BCUT2D eigenvalue weighted by Crippen LogP contribution is 2.29. The fraction of sp³-hybridized carbons (Fsp3) is 0.100. The highest BCUT2D eigenvalue weighted by molar-refractivity contribution is 6.34. The minimum Gasteiger partial charge on any atom is -0.239 e. The predicted octanol–water partition coefficient (Wildman–Crippen LogP) is 4.20. The standard InChI is InChI=1S/C10H5Cl2F3N2/c11-6-1-2-7(12)8(5-6)17-4-3-9(16-17)10(13,14)15/h1-5H. The highest BCUT2D eigenvalue weighted by atomic mass is 35.5. The smallest absolute Gasteiger partial charge is 0.239 e. The second-order valence-electron chi connectivity index (χ2n) is 3.24. The minimum atomic E-state index is -4.48. The third-order valence-corrected chi connectivity index (χ3v) is 2.59. The summed E-state index contributed by atoms with van der Waals surface area (Å²) in [6.45, 7) is 0. The Hall–Kier alpha value is -1.20. The molecule has 0 amide bonds. The molecule has 0 aliphatic carbocycles. The van der Waals surface area contributed by atoms with Crippen molar-refractivity contribution in [3.05, 3.63) is 46.2 Å². The highest BCUT2D eigenvalue weighted by Gasteiger charge is 2.33. The van der Waals surface area contributed by atoms with E-state index in [1.54, 1.807) is 6.07 Å². The van der Waals surface area contributed by atoms with Gasteiger partial charge in [0.2, 0.25) is 0 Å². The number of hydrogen-bond acceptors (Lipinski definition) is 1. The van der Waals surface area contributed by atoms with E-state index in [4.69, 9.17) is 23.2 Å². The summed E-state index contributed by atoms with van der Waals surface area (Å²) in [5.74, 6) is 0. The molecular weight excluding hydrogens is 276 g/mol. The summed E-state index contributed by atoms with van der Waals surface area (Å²) in [4.78, 5) is 0. The van der Waals surface area contributed by atoms with Crippen LogP contribution < -0.4 is 0 Å². The normalized spacial score (nSPS) is 11.8. The molecule has 0 aliphatic heterocycles. The second kappa shape index (κ2) is 4.23. The monoisotopic (exact) mass is 280 g/mol. The zero-order chi connectivity index (χ0) is 12.6. The first kappa shape index (κ1) is 12.3. The Morgan fingerprint density at radius 3 is 2.41 bits per heavy atom. The number of aromatic nitrogens is 2. The molecule has 2 aromatic rings. The molecule has 2 rings (SSSR count). The SMILES string of the molecule is FC(F)(F)c1ccn(-c2cc(Cl)ccc2Cl)n1. The fourth-order valence-corrected chi connectivity index (χ4v) is 1.64. The van der Waals surface area contributed by atoms with E-state index in [0.29, 0.717) is 10.7 Å². The van der Waals surface area contributed by atoms with Gasteiger partial charge in [0.1, 0.15) is 0 Å². The predicted molar refractivity (Wildman–Crippen MR) is 58.6 cm³/mol. The third-order valence-electron chi connectivity index (χ3n) is 2.03. The van der Waals surface area contributed by atoms with Crippen molar-refractivity contribution >= 4 is 23.2 Å².